The molecule has 7 heteroatoms. The number of pyridine rings is 1. The highest BCUT2D eigenvalue weighted by Gasteiger charge is 2.27. The van der Waals surface area contributed by atoms with E-state index in [1.165, 1.54) is 0 Å². The summed E-state index contributed by atoms with van der Waals surface area (Å²) in [4.78, 5) is 32.8. The molecule has 2 aromatic heterocycles. The third kappa shape index (κ3) is 4.10. The number of hydrogen-bond donors (Lipinski definition) is 0. The van der Waals surface area contributed by atoms with Gasteiger partial charge in [0.15, 0.2) is 0 Å². The minimum absolute atomic E-state index is 0.102. The number of ether oxygens (including phenoxy) is 1. The second-order valence-corrected chi connectivity index (χ2v) is 7.21. The van der Waals surface area contributed by atoms with Crippen LogP contribution in [0.1, 0.15) is 37.7 Å². The monoisotopic (exact) mass is 344 g/mol. The van der Waals surface area contributed by atoms with Crippen molar-refractivity contribution < 1.29 is 14.3 Å². The van der Waals surface area contributed by atoms with Gasteiger partial charge in [-0.25, -0.2) is 9.78 Å². The van der Waals surface area contributed by atoms with Crippen LogP contribution < -0.4 is 0 Å². The molecular weight excluding hydrogens is 320 g/mol. The van der Waals surface area contributed by atoms with Crippen LogP contribution in [-0.4, -0.2) is 63.0 Å². The summed E-state index contributed by atoms with van der Waals surface area (Å²) in [5.41, 5.74) is 0.656. The van der Waals surface area contributed by atoms with E-state index >= 15 is 0 Å². The molecule has 7 nitrogen and oxygen atoms in total. The number of imidazole rings is 1. The van der Waals surface area contributed by atoms with Crippen LogP contribution in [0.3, 0.4) is 0 Å². The fourth-order valence-corrected chi connectivity index (χ4v) is 2.83. The molecule has 0 aliphatic carbocycles. The molecule has 0 saturated carbocycles. The number of rotatable bonds is 1. The minimum Gasteiger partial charge on any atom is -0.444 e. The molecule has 2 amide bonds. The third-order valence-electron chi connectivity index (χ3n) is 4.02. The Labute approximate surface area is 147 Å². The average molecular weight is 344 g/mol. The molecule has 25 heavy (non-hydrogen) atoms. The van der Waals surface area contributed by atoms with Gasteiger partial charge in [0.2, 0.25) is 0 Å². The van der Waals surface area contributed by atoms with E-state index in [1.807, 2.05) is 49.6 Å². The average Bonchev–Trinajstić information content (AvgIpc) is 2.81. The third-order valence-corrected chi connectivity index (χ3v) is 4.02. The lowest BCUT2D eigenvalue weighted by Gasteiger charge is -2.26. The lowest BCUT2D eigenvalue weighted by molar-refractivity contribution is 0.0255. The van der Waals surface area contributed by atoms with Gasteiger partial charge in [0, 0.05) is 38.6 Å². The summed E-state index contributed by atoms with van der Waals surface area (Å²) in [6.07, 6.45) is 4.01. The molecule has 0 aromatic carbocycles. The molecule has 3 rings (SSSR count). The van der Waals surface area contributed by atoms with Crippen molar-refractivity contribution in [3.63, 3.8) is 0 Å². The normalized spacial score (nSPS) is 16.0. The second-order valence-electron chi connectivity index (χ2n) is 7.21. The quantitative estimate of drug-likeness (QED) is 0.797. The van der Waals surface area contributed by atoms with Gasteiger partial charge in [-0.1, -0.05) is 6.07 Å². The largest absolute Gasteiger partial charge is 0.444 e. The summed E-state index contributed by atoms with van der Waals surface area (Å²) in [6, 6.07) is 5.65. The number of nitrogens with zero attached hydrogens (tertiary/aromatic N) is 4. The number of carbonyl (C=O) groups is 2. The van der Waals surface area contributed by atoms with Gasteiger partial charge in [0.05, 0.1) is 0 Å². The summed E-state index contributed by atoms with van der Waals surface area (Å²) >= 11 is 0. The van der Waals surface area contributed by atoms with Crippen LogP contribution in [0.4, 0.5) is 4.79 Å². The first-order valence-corrected chi connectivity index (χ1v) is 8.54. The zero-order valence-electron chi connectivity index (χ0n) is 14.9. The highest BCUT2D eigenvalue weighted by atomic mass is 16.6. The van der Waals surface area contributed by atoms with Gasteiger partial charge in [-0.05, 0) is 39.3 Å². The highest BCUT2D eigenvalue weighted by Crippen LogP contribution is 2.14. The molecule has 134 valence electrons. The lowest BCUT2D eigenvalue weighted by atomic mass is 10.2. The van der Waals surface area contributed by atoms with Crippen LogP contribution in [0.25, 0.3) is 5.65 Å². The molecule has 2 aromatic rings. The molecule has 0 N–H and O–H groups in total. The smallest absolute Gasteiger partial charge is 0.410 e. The Kier molecular flexibility index (Phi) is 4.65. The van der Waals surface area contributed by atoms with Crippen molar-refractivity contribution in [3.05, 3.63) is 36.3 Å². The first-order valence-electron chi connectivity index (χ1n) is 8.54. The number of carbonyl (C=O) groups excluding carboxylic acids is 2. The zero-order chi connectivity index (χ0) is 18.0. The van der Waals surface area contributed by atoms with Gasteiger partial charge in [-0.2, -0.15) is 0 Å². The maximum Gasteiger partial charge on any atom is 0.410 e. The van der Waals surface area contributed by atoms with E-state index in [1.54, 1.807) is 16.0 Å². The van der Waals surface area contributed by atoms with Gasteiger partial charge in [-0.15, -0.1) is 0 Å². The number of amides is 2. The van der Waals surface area contributed by atoms with E-state index in [9.17, 15) is 9.59 Å². The molecular formula is C18H24N4O3. The topological polar surface area (TPSA) is 67.2 Å². The van der Waals surface area contributed by atoms with Crippen LogP contribution in [0.2, 0.25) is 0 Å². The number of fused-ring (bicyclic) bond motifs is 1. The Morgan fingerprint density at radius 2 is 1.80 bits per heavy atom. The van der Waals surface area contributed by atoms with Gasteiger partial charge in [0.25, 0.3) is 5.91 Å². The molecule has 0 atom stereocenters. The van der Waals surface area contributed by atoms with Crippen molar-refractivity contribution in [2.24, 2.45) is 0 Å². The summed E-state index contributed by atoms with van der Waals surface area (Å²) in [5.74, 6) is -0.102. The summed E-state index contributed by atoms with van der Waals surface area (Å²) in [6.45, 7) is 7.68. The van der Waals surface area contributed by atoms with Gasteiger partial charge in [0.1, 0.15) is 16.9 Å². The lowest BCUT2D eigenvalue weighted by Crippen LogP contribution is -2.40. The first kappa shape index (κ1) is 17.3. The Morgan fingerprint density at radius 1 is 1.08 bits per heavy atom. The molecule has 0 unspecified atom stereocenters. The molecule has 0 bridgehead atoms. The highest BCUT2D eigenvalue weighted by molar-refractivity contribution is 5.93. The maximum atomic E-state index is 12.7. The van der Waals surface area contributed by atoms with Crippen LogP contribution >= 0.6 is 0 Å². The number of aromatic nitrogens is 2. The van der Waals surface area contributed by atoms with Crippen LogP contribution in [0.15, 0.2) is 30.6 Å². The molecule has 1 saturated heterocycles. The van der Waals surface area contributed by atoms with Gasteiger partial charge in [-0.3, -0.25) is 4.79 Å². The SMILES string of the molecule is CC(C)(C)OC(=O)N1CCCN(C(=O)c2cn3ccccc3n2)CC1. The predicted octanol–water partition coefficient (Wildman–Crippen LogP) is 2.42. The van der Waals surface area contributed by atoms with Crippen molar-refractivity contribution >= 4 is 17.6 Å². The fraction of sp³-hybridized carbons (Fsp3) is 0.500. The van der Waals surface area contributed by atoms with E-state index in [-0.39, 0.29) is 12.0 Å². The van der Waals surface area contributed by atoms with Crippen LogP contribution in [0.5, 0.6) is 0 Å². The Bertz CT molecular complexity index is 745. The Morgan fingerprint density at radius 3 is 2.52 bits per heavy atom. The number of hydrogen-bond acceptors (Lipinski definition) is 4. The predicted molar refractivity (Wildman–Crippen MR) is 93.5 cm³/mol. The van der Waals surface area contributed by atoms with Crippen molar-refractivity contribution in [2.45, 2.75) is 32.8 Å². The van der Waals surface area contributed by atoms with E-state index in [4.69, 9.17) is 4.74 Å². The fourth-order valence-electron chi connectivity index (χ4n) is 2.83. The van der Waals surface area contributed by atoms with Crippen molar-refractivity contribution in [3.8, 4) is 0 Å². The molecule has 1 aliphatic rings. The van der Waals surface area contributed by atoms with Crippen molar-refractivity contribution in [2.75, 3.05) is 26.2 Å². The summed E-state index contributed by atoms with van der Waals surface area (Å²) < 4.78 is 7.25. The molecule has 3 heterocycles. The Hall–Kier alpha value is -2.57. The van der Waals surface area contributed by atoms with Gasteiger partial charge < -0.3 is 18.9 Å². The second kappa shape index (κ2) is 6.74. The van der Waals surface area contributed by atoms with Crippen molar-refractivity contribution in [1.82, 2.24) is 19.2 Å². The summed E-state index contributed by atoms with van der Waals surface area (Å²) in [5, 5.41) is 0. The molecule has 0 spiro atoms. The first-order chi connectivity index (χ1) is 11.8. The van der Waals surface area contributed by atoms with Crippen LogP contribution in [-0.2, 0) is 4.74 Å². The van der Waals surface area contributed by atoms with Gasteiger partial charge >= 0.3 is 6.09 Å². The minimum atomic E-state index is -0.518. The standard InChI is InChI=1S/C18H24N4O3/c1-18(2,3)25-17(24)21-10-6-9-20(11-12-21)16(23)14-13-22-8-5-4-7-15(22)19-14/h4-5,7-8,13H,6,9-12H2,1-3H3. The van der Waals surface area contributed by atoms with E-state index in [0.717, 1.165) is 12.1 Å². The summed E-state index contributed by atoms with van der Waals surface area (Å²) in [7, 11) is 0. The van der Waals surface area contributed by atoms with E-state index in [0.29, 0.717) is 31.9 Å². The molecule has 1 aliphatic heterocycles. The van der Waals surface area contributed by atoms with E-state index in [2.05, 4.69) is 4.98 Å². The zero-order valence-corrected chi connectivity index (χ0v) is 14.9. The molecule has 0 radical (unpaired) electrons. The molecule has 1 fully saturated rings. The van der Waals surface area contributed by atoms with Crippen molar-refractivity contribution in [1.29, 1.82) is 0 Å². The Balaban J connectivity index is 1.66. The van der Waals surface area contributed by atoms with E-state index < -0.39 is 5.60 Å². The maximum absolute atomic E-state index is 12.7. The van der Waals surface area contributed by atoms with Crippen LogP contribution in [0, 0.1) is 0 Å².